The zero-order valence-corrected chi connectivity index (χ0v) is 13.6. The summed E-state index contributed by atoms with van der Waals surface area (Å²) in [5.74, 6) is 0. The standard InChI is InChI=1S/C17H21BrN2/c1-13(2)20(12-14-6-4-3-5-7-14)17-9-8-16(18)10-15(17)11-19/h3-10,13H,11-12,19H2,1-2H3. The van der Waals surface area contributed by atoms with Gasteiger partial charge in [-0.1, -0.05) is 46.3 Å². The summed E-state index contributed by atoms with van der Waals surface area (Å²) in [5, 5.41) is 0. The molecule has 2 rings (SSSR count). The maximum absolute atomic E-state index is 5.90. The molecule has 20 heavy (non-hydrogen) atoms. The van der Waals surface area contributed by atoms with E-state index in [0.717, 1.165) is 11.0 Å². The van der Waals surface area contributed by atoms with Crippen molar-refractivity contribution in [2.45, 2.75) is 33.0 Å². The number of anilines is 1. The lowest BCUT2D eigenvalue weighted by molar-refractivity contribution is 0.678. The van der Waals surface area contributed by atoms with Gasteiger partial charge < -0.3 is 10.6 Å². The first kappa shape index (κ1) is 15.1. The summed E-state index contributed by atoms with van der Waals surface area (Å²) in [6, 6.07) is 17.3. The molecule has 0 aliphatic rings. The third kappa shape index (κ3) is 3.62. The van der Waals surface area contributed by atoms with Gasteiger partial charge in [-0.2, -0.15) is 0 Å². The zero-order chi connectivity index (χ0) is 14.5. The molecule has 0 spiro atoms. The summed E-state index contributed by atoms with van der Waals surface area (Å²) >= 11 is 3.52. The molecule has 0 amide bonds. The minimum atomic E-state index is 0.418. The molecule has 2 aromatic carbocycles. The quantitative estimate of drug-likeness (QED) is 0.883. The molecule has 0 aliphatic heterocycles. The van der Waals surface area contributed by atoms with Gasteiger partial charge in [-0.3, -0.25) is 0 Å². The van der Waals surface area contributed by atoms with E-state index in [1.807, 2.05) is 6.07 Å². The van der Waals surface area contributed by atoms with Crippen LogP contribution in [0.5, 0.6) is 0 Å². The van der Waals surface area contributed by atoms with Crippen LogP contribution in [0.25, 0.3) is 0 Å². The van der Waals surface area contributed by atoms with Crippen LogP contribution >= 0.6 is 15.9 Å². The minimum Gasteiger partial charge on any atom is -0.365 e. The lowest BCUT2D eigenvalue weighted by atomic mass is 10.1. The monoisotopic (exact) mass is 332 g/mol. The lowest BCUT2D eigenvalue weighted by Gasteiger charge is -2.31. The third-order valence-corrected chi connectivity index (χ3v) is 3.88. The molecule has 2 N–H and O–H groups in total. The van der Waals surface area contributed by atoms with Crippen molar-refractivity contribution < 1.29 is 0 Å². The topological polar surface area (TPSA) is 29.3 Å². The average molecular weight is 333 g/mol. The lowest BCUT2D eigenvalue weighted by Crippen LogP contribution is -2.31. The third-order valence-electron chi connectivity index (χ3n) is 3.39. The molecule has 2 nitrogen and oxygen atoms in total. The van der Waals surface area contributed by atoms with Gasteiger partial charge in [0.25, 0.3) is 0 Å². The van der Waals surface area contributed by atoms with Crippen molar-refractivity contribution >= 4 is 21.6 Å². The predicted molar refractivity (Wildman–Crippen MR) is 89.8 cm³/mol. The summed E-state index contributed by atoms with van der Waals surface area (Å²) in [5.41, 5.74) is 9.60. The molecular weight excluding hydrogens is 312 g/mol. The molecule has 0 aliphatic carbocycles. The molecule has 3 heteroatoms. The van der Waals surface area contributed by atoms with Gasteiger partial charge in [0.15, 0.2) is 0 Å². The summed E-state index contributed by atoms with van der Waals surface area (Å²) in [4.78, 5) is 2.39. The fraction of sp³-hybridized carbons (Fsp3) is 0.294. The van der Waals surface area contributed by atoms with Gasteiger partial charge in [0.1, 0.15) is 0 Å². The maximum atomic E-state index is 5.90. The number of hydrogen-bond acceptors (Lipinski definition) is 2. The Morgan fingerprint density at radius 2 is 1.80 bits per heavy atom. The molecular formula is C17H21BrN2. The summed E-state index contributed by atoms with van der Waals surface area (Å²) in [6.45, 7) is 5.87. The fourth-order valence-electron chi connectivity index (χ4n) is 2.32. The molecule has 0 fully saturated rings. The first-order valence-corrected chi connectivity index (χ1v) is 7.70. The Morgan fingerprint density at radius 1 is 1.10 bits per heavy atom. The van der Waals surface area contributed by atoms with Crippen LogP contribution in [-0.2, 0) is 13.1 Å². The van der Waals surface area contributed by atoms with Crippen molar-refractivity contribution in [2.75, 3.05) is 4.90 Å². The van der Waals surface area contributed by atoms with E-state index in [1.54, 1.807) is 0 Å². The molecule has 0 bridgehead atoms. The van der Waals surface area contributed by atoms with E-state index in [0.29, 0.717) is 12.6 Å². The minimum absolute atomic E-state index is 0.418. The van der Waals surface area contributed by atoms with E-state index in [4.69, 9.17) is 5.73 Å². The van der Waals surface area contributed by atoms with Gasteiger partial charge in [0, 0.05) is 29.3 Å². The van der Waals surface area contributed by atoms with Crippen LogP contribution in [-0.4, -0.2) is 6.04 Å². The summed E-state index contributed by atoms with van der Waals surface area (Å²) in [6.07, 6.45) is 0. The van der Waals surface area contributed by atoms with E-state index in [9.17, 15) is 0 Å². The molecule has 0 aromatic heterocycles. The maximum Gasteiger partial charge on any atom is 0.0432 e. The van der Waals surface area contributed by atoms with Gasteiger partial charge in [0.2, 0.25) is 0 Å². The van der Waals surface area contributed by atoms with E-state index in [1.165, 1.54) is 16.8 Å². The van der Waals surface area contributed by atoms with E-state index in [2.05, 4.69) is 77.1 Å². The second kappa shape index (κ2) is 6.91. The van der Waals surface area contributed by atoms with E-state index in [-0.39, 0.29) is 0 Å². The first-order valence-electron chi connectivity index (χ1n) is 6.91. The van der Waals surface area contributed by atoms with Gasteiger partial charge in [-0.05, 0) is 43.2 Å². The number of halogens is 1. The second-order valence-corrected chi connectivity index (χ2v) is 6.10. The normalized spacial score (nSPS) is 10.8. The largest absolute Gasteiger partial charge is 0.365 e. The molecule has 2 aromatic rings. The van der Waals surface area contributed by atoms with Crippen LogP contribution < -0.4 is 10.6 Å². The highest BCUT2D eigenvalue weighted by Crippen LogP contribution is 2.27. The Bertz CT molecular complexity index is 552. The number of nitrogens with zero attached hydrogens (tertiary/aromatic N) is 1. The highest BCUT2D eigenvalue weighted by molar-refractivity contribution is 9.10. The van der Waals surface area contributed by atoms with Gasteiger partial charge in [-0.25, -0.2) is 0 Å². The SMILES string of the molecule is CC(C)N(Cc1ccccc1)c1ccc(Br)cc1CN. The van der Waals surface area contributed by atoms with Gasteiger partial charge in [0.05, 0.1) is 0 Å². The first-order chi connectivity index (χ1) is 9.61. The number of hydrogen-bond donors (Lipinski definition) is 1. The van der Waals surface area contributed by atoms with Crippen LogP contribution in [0.3, 0.4) is 0 Å². The second-order valence-electron chi connectivity index (χ2n) is 5.18. The zero-order valence-electron chi connectivity index (χ0n) is 12.0. The van der Waals surface area contributed by atoms with Crippen molar-refractivity contribution in [3.63, 3.8) is 0 Å². The van der Waals surface area contributed by atoms with Crippen LogP contribution in [0.2, 0.25) is 0 Å². The molecule has 0 saturated carbocycles. The summed E-state index contributed by atoms with van der Waals surface area (Å²) in [7, 11) is 0. The molecule has 0 saturated heterocycles. The summed E-state index contributed by atoms with van der Waals surface area (Å²) < 4.78 is 1.07. The van der Waals surface area contributed by atoms with E-state index < -0.39 is 0 Å². The highest BCUT2D eigenvalue weighted by atomic mass is 79.9. The molecule has 0 unspecified atom stereocenters. The Balaban J connectivity index is 2.34. The van der Waals surface area contributed by atoms with Crippen molar-refractivity contribution in [1.29, 1.82) is 0 Å². The fourth-order valence-corrected chi connectivity index (χ4v) is 2.73. The van der Waals surface area contributed by atoms with Crippen molar-refractivity contribution in [2.24, 2.45) is 5.73 Å². The van der Waals surface area contributed by atoms with Crippen LogP contribution in [0.4, 0.5) is 5.69 Å². The van der Waals surface area contributed by atoms with Crippen LogP contribution in [0.15, 0.2) is 53.0 Å². The molecule has 0 heterocycles. The molecule has 106 valence electrons. The van der Waals surface area contributed by atoms with Gasteiger partial charge >= 0.3 is 0 Å². The molecule has 0 atom stereocenters. The average Bonchev–Trinajstić information content (AvgIpc) is 2.46. The molecule has 0 radical (unpaired) electrons. The Labute approximate surface area is 129 Å². The van der Waals surface area contributed by atoms with E-state index >= 15 is 0 Å². The number of rotatable bonds is 5. The Hall–Kier alpha value is -1.32. The number of benzene rings is 2. The van der Waals surface area contributed by atoms with Crippen LogP contribution in [0.1, 0.15) is 25.0 Å². The van der Waals surface area contributed by atoms with Crippen molar-refractivity contribution in [1.82, 2.24) is 0 Å². The Morgan fingerprint density at radius 3 is 2.40 bits per heavy atom. The highest BCUT2D eigenvalue weighted by Gasteiger charge is 2.14. The predicted octanol–water partition coefficient (Wildman–Crippen LogP) is 4.32. The number of nitrogens with two attached hydrogens (primary N) is 1. The van der Waals surface area contributed by atoms with Crippen molar-refractivity contribution in [3.05, 3.63) is 64.1 Å². The van der Waals surface area contributed by atoms with Crippen LogP contribution in [0, 0.1) is 0 Å². The Kier molecular flexibility index (Phi) is 5.21. The van der Waals surface area contributed by atoms with Gasteiger partial charge in [-0.15, -0.1) is 0 Å². The van der Waals surface area contributed by atoms with Crippen molar-refractivity contribution in [3.8, 4) is 0 Å². The smallest absolute Gasteiger partial charge is 0.0432 e.